The molecule has 1 aromatic heterocycles. The van der Waals surface area contributed by atoms with Crippen LogP contribution in [0.15, 0.2) is 9.59 Å². The molecule has 0 saturated heterocycles. The lowest BCUT2D eigenvalue weighted by atomic mass is 9.89. The topological polar surface area (TPSA) is 86.2 Å². The van der Waals surface area contributed by atoms with E-state index in [2.05, 4.69) is 11.9 Å². The number of rotatable bonds is 3. The summed E-state index contributed by atoms with van der Waals surface area (Å²) in [6, 6.07) is 0. The maximum atomic E-state index is 12.2. The first-order chi connectivity index (χ1) is 8.84. The fourth-order valence-corrected chi connectivity index (χ4v) is 2.72. The highest BCUT2D eigenvalue weighted by molar-refractivity contribution is 5.26. The van der Waals surface area contributed by atoms with Gasteiger partial charge in [-0.05, 0) is 18.3 Å². The van der Waals surface area contributed by atoms with Crippen molar-refractivity contribution < 1.29 is 0 Å². The quantitative estimate of drug-likeness (QED) is 0.764. The van der Waals surface area contributed by atoms with E-state index in [1.54, 1.807) is 19.0 Å². The zero-order valence-corrected chi connectivity index (χ0v) is 11.7. The number of aromatic nitrogens is 3. The first-order valence-corrected chi connectivity index (χ1v) is 6.50. The molecule has 1 fully saturated rings. The summed E-state index contributed by atoms with van der Waals surface area (Å²) in [4.78, 5) is 29.6. The van der Waals surface area contributed by atoms with Crippen molar-refractivity contribution in [3.8, 4) is 0 Å². The lowest BCUT2D eigenvalue weighted by Crippen LogP contribution is -2.48. The molecular formula is C12H21N5O2. The number of hydrogen-bond donors (Lipinski definition) is 1. The smallest absolute Gasteiger partial charge is 0.347 e. The summed E-state index contributed by atoms with van der Waals surface area (Å²) in [7, 11) is 3.38. The lowest BCUT2D eigenvalue weighted by molar-refractivity contribution is 0.268. The van der Waals surface area contributed by atoms with Crippen molar-refractivity contribution in [1.29, 1.82) is 0 Å². The molecule has 106 valence electrons. The normalized spacial score (nSPS) is 17.6. The van der Waals surface area contributed by atoms with Crippen LogP contribution in [0.3, 0.4) is 0 Å². The fraction of sp³-hybridized carbons (Fsp3) is 0.750. The van der Waals surface area contributed by atoms with Gasteiger partial charge in [0.1, 0.15) is 0 Å². The van der Waals surface area contributed by atoms with Crippen molar-refractivity contribution in [3.63, 3.8) is 0 Å². The Hall–Kier alpha value is -1.79. The van der Waals surface area contributed by atoms with Gasteiger partial charge in [-0.2, -0.15) is 9.66 Å². The summed E-state index contributed by atoms with van der Waals surface area (Å²) in [5.74, 6) is 5.88. The molecule has 1 saturated carbocycles. The molecule has 7 nitrogen and oxygen atoms in total. The van der Waals surface area contributed by atoms with E-state index >= 15 is 0 Å². The van der Waals surface area contributed by atoms with Crippen molar-refractivity contribution in [2.75, 3.05) is 24.8 Å². The summed E-state index contributed by atoms with van der Waals surface area (Å²) >= 11 is 0. The van der Waals surface area contributed by atoms with Crippen molar-refractivity contribution in [1.82, 2.24) is 14.2 Å². The second kappa shape index (κ2) is 4.71. The van der Waals surface area contributed by atoms with Crippen LogP contribution in [0.2, 0.25) is 0 Å². The molecule has 0 aromatic carbocycles. The molecule has 0 bridgehead atoms. The molecular weight excluding hydrogens is 246 g/mol. The Bertz CT molecular complexity index is 581. The molecule has 0 radical (unpaired) electrons. The summed E-state index contributed by atoms with van der Waals surface area (Å²) in [6.45, 7) is 2.50. The van der Waals surface area contributed by atoms with Crippen LogP contribution in [0.5, 0.6) is 0 Å². The van der Waals surface area contributed by atoms with Gasteiger partial charge in [-0.25, -0.2) is 14.2 Å². The van der Waals surface area contributed by atoms with Gasteiger partial charge in [0.2, 0.25) is 5.95 Å². The largest absolute Gasteiger partial charge is 0.355 e. The summed E-state index contributed by atoms with van der Waals surface area (Å²) < 4.78 is 2.08. The Kier molecular flexibility index (Phi) is 3.38. The first kappa shape index (κ1) is 13.6. The highest BCUT2D eigenvalue weighted by Crippen LogP contribution is 2.38. The molecule has 1 aliphatic rings. The second-order valence-electron chi connectivity index (χ2n) is 5.85. The third-order valence-corrected chi connectivity index (χ3v) is 3.83. The van der Waals surface area contributed by atoms with Crippen LogP contribution in [0.4, 0.5) is 5.95 Å². The average Bonchev–Trinajstić information content (AvgIpc) is 2.76. The Morgan fingerprint density at radius 1 is 1.32 bits per heavy atom. The van der Waals surface area contributed by atoms with Gasteiger partial charge in [0.25, 0.3) is 0 Å². The summed E-state index contributed by atoms with van der Waals surface area (Å²) in [6.07, 6.45) is 4.34. The highest BCUT2D eigenvalue weighted by atomic mass is 16.2. The Morgan fingerprint density at radius 3 is 2.42 bits per heavy atom. The van der Waals surface area contributed by atoms with Crippen LogP contribution in [0.25, 0.3) is 0 Å². The Morgan fingerprint density at radius 2 is 1.89 bits per heavy atom. The van der Waals surface area contributed by atoms with Crippen molar-refractivity contribution in [3.05, 3.63) is 21.0 Å². The monoisotopic (exact) mass is 267 g/mol. The number of hydrogen-bond acceptors (Lipinski definition) is 5. The van der Waals surface area contributed by atoms with E-state index in [9.17, 15) is 9.59 Å². The minimum absolute atomic E-state index is 0.00268. The maximum Gasteiger partial charge on any atom is 0.355 e. The van der Waals surface area contributed by atoms with Crippen molar-refractivity contribution >= 4 is 5.95 Å². The van der Waals surface area contributed by atoms with Gasteiger partial charge >= 0.3 is 11.4 Å². The van der Waals surface area contributed by atoms with E-state index in [4.69, 9.17) is 5.84 Å². The van der Waals surface area contributed by atoms with E-state index in [-0.39, 0.29) is 11.4 Å². The molecule has 7 heteroatoms. The van der Waals surface area contributed by atoms with Crippen molar-refractivity contribution in [2.24, 2.45) is 5.41 Å². The SMILES string of the molecule is CN(C)c1nc(=O)n(CC2(C)CCCC2)c(=O)n1N. The van der Waals surface area contributed by atoms with Gasteiger partial charge in [0.05, 0.1) is 0 Å². The maximum absolute atomic E-state index is 12.2. The van der Waals surface area contributed by atoms with E-state index in [0.717, 1.165) is 34.9 Å². The van der Waals surface area contributed by atoms with E-state index in [0.29, 0.717) is 6.54 Å². The lowest BCUT2D eigenvalue weighted by Gasteiger charge is -2.24. The summed E-state index contributed by atoms with van der Waals surface area (Å²) in [5.41, 5.74) is -1.03. The van der Waals surface area contributed by atoms with Gasteiger partial charge in [0, 0.05) is 20.6 Å². The number of nitrogens with zero attached hydrogens (tertiary/aromatic N) is 4. The Labute approximate surface area is 111 Å². The molecule has 0 unspecified atom stereocenters. The van der Waals surface area contributed by atoms with E-state index < -0.39 is 11.4 Å². The molecule has 0 amide bonds. The third-order valence-electron chi connectivity index (χ3n) is 3.83. The van der Waals surface area contributed by atoms with Crippen LogP contribution < -0.4 is 22.1 Å². The second-order valence-corrected chi connectivity index (χ2v) is 5.85. The van der Waals surface area contributed by atoms with Gasteiger partial charge in [-0.3, -0.25) is 0 Å². The van der Waals surface area contributed by atoms with E-state index in [1.165, 1.54) is 0 Å². The van der Waals surface area contributed by atoms with Crippen LogP contribution in [0.1, 0.15) is 32.6 Å². The number of nitrogen functional groups attached to an aromatic ring is 1. The van der Waals surface area contributed by atoms with Gasteiger partial charge in [-0.15, -0.1) is 0 Å². The number of anilines is 1. The molecule has 1 aromatic rings. The van der Waals surface area contributed by atoms with Crippen molar-refractivity contribution in [2.45, 2.75) is 39.2 Å². The van der Waals surface area contributed by atoms with Crippen LogP contribution in [-0.2, 0) is 6.54 Å². The molecule has 0 aliphatic heterocycles. The van der Waals surface area contributed by atoms with Gasteiger partial charge in [-0.1, -0.05) is 19.8 Å². The zero-order valence-electron chi connectivity index (χ0n) is 11.7. The molecule has 2 N–H and O–H groups in total. The molecule has 0 spiro atoms. The van der Waals surface area contributed by atoms with E-state index in [1.807, 2.05) is 0 Å². The van der Waals surface area contributed by atoms with Crippen LogP contribution >= 0.6 is 0 Å². The van der Waals surface area contributed by atoms with Gasteiger partial charge in [0.15, 0.2) is 0 Å². The van der Waals surface area contributed by atoms with Crippen LogP contribution in [0, 0.1) is 5.41 Å². The zero-order chi connectivity index (χ0) is 14.2. The van der Waals surface area contributed by atoms with Crippen LogP contribution in [-0.4, -0.2) is 28.3 Å². The molecule has 1 aliphatic carbocycles. The molecule has 0 atom stereocenters. The molecule has 19 heavy (non-hydrogen) atoms. The predicted molar refractivity (Wildman–Crippen MR) is 73.8 cm³/mol. The minimum atomic E-state index is -0.525. The predicted octanol–water partition coefficient (Wildman–Crippen LogP) is -0.235. The first-order valence-electron chi connectivity index (χ1n) is 6.50. The Balaban J connectivity index is 2.45. The summed E-state index contributed by atoms with van der Waals surface area (Å²) in [5, 5.41) is 0. The van der Waals surface area contributed by atoms with Gasteiger partial charge < -0.3 is 10.7 Å². The third kappa shape index (κ3) is 2.50. The average molecular weight is 267 g/mol. The molecule has 2 rings (SSSR count). The standard InChI is InChI=1S/C12H21N5O2/c1-12(6-4-5-7-12)8-16-10(18)14-9(15(2)3)17(13)11(16)19/h4-8,13H2,1-3H3. The fourth-order valence-electron chi connectivity index (χ4n) is 2.72. The number of nitrogens with two attached hydrogens (primary N) is 1. The molecule has 1 heterocycles. The highest BCUT2D eigenvalue weighted by Gasteiger charge is 2.30. The minimum Gasteiger partial charge on any atom is -0.347 e.